The lowest BCUT2D eigenvalue weighted by molar-refractivity contribution is -0.113. The maximum absolute atomic E-state index is 11.9. The van der Waals surface area contributed by atoms with Gasteiger partial charge in [0.1, 0.15) is 5.82 Å². The summed E-state index contributed by atoms with van der Waals surface area (Å²) < 4.78 is 2.25. The zero-order valence-corrected chi connectivity index (χ0v) is 15.8. The number of nitrogens with zero attached hydrogens (tertiary/aromatic N) is 1. The molecule has 3 rings (SSSR count). The molecule has 1 N–H and O–H groups in total. The highest BCUT2D eigenvalue weighted by atomic mass is 32.2. The Morgan fingerprint density at radius 3 is 2.46 bits per heavy atom. The first kappa shape index (κ1) is 16.9. The predicted octanol–water partition coefficient (Wildman–Crippen LogP) is 5.25. The SMILES string of the molecule is CC(=O)C1=CSc2c(C)c(-c3ccccc3)c(NC(C)(C)C)n2C1. The Kier molecular flexibility index (Phi) is 4.35. The van der Waals surface area contributed by atoms with Crippen LogP contribution in [-0.2, 0) is 11.3 Å². The molecule has 0 amide bonds. The first-order valence-corrected chi connectivity index (χ1v) is 9.09. The summed E-state index contributed by atoms with van der Waals surface area (Å²) in [5.74, 6) is 1.24. The molecule has 0 fully saturated rings. The molecule has 0 saturated carbocycles. The van der Waals surface area contributed by atoms with Crippen molar-refractivity contribution in [2.45, 2.75) is 51.7 Å². The second kappa shape index (κ2) is 6.17. The molecule has 1 aliphatic heterocycles. The Morgan fingerprint density at radius 1 is 1.21 bits per heavy atom. The van der Waals surface area contributed by atoms with E-state index in [1.165, 1.54) is 21.7 Å². The minimum Gasteiger partial charge on any atom is -0.366 e. The lowest BCUT2D eigenvalue weighted by Gasteiger charge is -2.26. The van der Waals surface area contributed by atoms with Crippen molar-refractivity contribution < 1.29 is 4.79 Å². The largest absolute Gasteiger partial charge is 0.366 e. The van der Waals surface area contributed by atoms with Crippen molar-refractivity contribution in [2.75, 3.05) is 5.32 Å². The van der Waals surface area contributed by atoms with E-state index in [2.05, 4.69) is 61.8 Å². The first-order chi connectivity index (χ1) is 11.3. The van der Waals surface area contributed by atoms with Crippen LogP contribution in [0.2, 0.25) is 0 Å². The van der Waals surface area contributed by atoms with Crippen LogP contribution in [0, 0.1) is 6.92 Å². The van der Waals surface area contributed by atoms with Gasteiger partial charge in [-0.05, 0) is 51.2 Å². The number of nitrogens with one attached hydrogen (secondary N) is 1. The lowest BCUT2D eigenvalue weighted by Crippen LogP contribution is -2.28. The molecule has 0 saturated heterocycles. The number of rotatable bonds is 3. The molecule has 4 heteroatoms. The first-order valence-electron chi connectivity index (χ1n) is 8.21. The van der Waals surface area contributed by atoms with E-state index in [0.29, 0.717) is 6.54 Å². The van der Waals surface area contributed by atoms with Crippen molar-refractivity contribution in [3.63, 3.8) is 0 Å². The highest BCUT2D eigenvalue weighted by Gasteiger charge is 2.27. The number of fused-ring (bicyclic) bond motifs is 1. The number of aromatic nitrogens is 1. The van der Waals surface area contributed by atoms with Crippen molar-refractivity contribution in [2.24, 2.45) is 0 Å². The van der Waals surface area contributed by atoms with E-state index in [-0.39, 0.29) is 11.3 Å². The maximum Gasteiger partial charge on any atom is 0.158 e. The van der Waals surface area contributed by atoms with E-state index < -0.39 is 0 Å². The molecule has 0 radical (unpaired) electrons. The number of carbonyl (C=O) groups excluding carboxylic acids is 1. The Hall–Kier alpha value is -1.94. The van der Waals surface area contributed by atoms with Crippen molar-refractivity contribution in [3.8, 4) is 11.1 Å². The summed E-state index contributed by atoms with van der Waals surface area (Å²) >= 11 is 1.65. The quantitative estimate of drug-likeness (QED) is 0.828. The summed E-state index contributed by atoms with van der Waals surface area (Å²) in [5, 5.41) is 6.88. The number of allylic oxidation sites excluding steroid dienone is 1. The molecule has 0 atom stereocenters. The van der Waals surface area contributed by atoms with Gasteiger partial charge in [-0.15, -0.1) is 0 Å². The normalized spacial score (nSPS) is 14.1. The smallest absolute Gasteiger partial charge is 0.158 e. The van der Waals surface area contributed by atoms with E-state index in [4.69, 9.17) is 0 Å². The van der Waals surface area contributed by atoms with Crippen LogP contribution >= 0.6 is 11.8 Å². The Bertz CT molecular complexity index is 810. The van der Waals surface area contributed by atoms with Crippen molar-refractivity contribution in [1.29, 1.82) is 0 Å². The van der Waals surface area contributed by atoms with Gasteiger partial charge in [0, 0.05) is 16.7 Å². The molecular formula is C20H24N2OS. The summed E-state index contributed by atoms with van der Waals surface area (Å²) in [6, 6.07) is 10.5. The van der Waals surface area contributed by atoms with Crippen LogP contribution in [0.4, 0.5) is 5.82 Å². The number of anilines is 1. The van der Waals surface area contributed by atoms with Gasteiger partial charge in [-0.2, -0.15) is 0 Å². The second-order valence-electron chi connectivity index (χ2n) is 7.30. The number of hydrogen-bond donors (Lipinski definition) is 1. The minimum atomic E-state index is -0.0622. The van der Waals surface area contributed by atoms with Gasteiger partial charge in [0.15, 0.2) is 5.78 Å². The van der Waals surface area contributed by atoms with Gasteiger partial charge < -0.3 is 9.88 Å². The van der Waals surface area contributed by atoms with Crippen LogP contribution in [0.1, 0.15) is 33.3 Å². The molecule has 0 unspecified atom stereocenters. The predicted molar refractivity (Wildman–Crippen MR) is 103 cm³/mol. The Labute approximate surface area is 148 Å². The third-order valence-electron chi connectivity index (χ3n) is 4.10. The number of Topliss-reactive ketones (excluding diaryl/α,β-unsaturated/α-hetero) is 1. The van der Waals surface area contributed by atoms with Gasteiger partial charge in [0.2, 0.25) is 0 Å². The van der Waals surface area contributed by atoms with Crippen molar-refractivity contribution in [3.05, 3.63) is 46.9 Å². The topological polar surface area (TPSA) is 34.0 Å². The second-order valence-corrected chi connectivity index (χ2v) is 8.16. The molecule has 2 heterocycles. The van der Waals surface area contributed by atoms with E-state index in [9.17, 15) is 4.79 Å². The molecule has 3 nitrogen and oxygen atoms in total. The summed E-state index contributed by atoms with van der Waals surface area (Å²) in [6.07, 6.45) is 0. The van der Waals surface area contributed by atoms with Crippen LogP contribution in [0.3, 0.4) is 0 Å². The molecule has 1 aromatic carbocycles. The van der Waals surface area contributed by atoms with Crippen molar-refractivity contribution >= 4 is 23.4 Å². The molecular weight excluding hydrogens is 316 g/mol. The molecule has 24 heavy (non-hydrogen) atoms. The van der Waals surface area contributed by atoms with E-state index in [1.54, 1.807) is 18.7 Å². The maximum atomic E-state index is 11.9. The monoisotopic (exact) mass is 340 g/mol. The molecule has 0 bridgehead atoms. The highest BCUT2D eigenvalue weighted by Crippen LogP contribution is 2.44. The van der Waals surface area contributed by atoms with E-state index >= 15 is 0 Å². The van der Waals surface area contributed by atoms with Crippen LogP contribution < -0.4 is 5.32 Å². The Morgan fingerprint density at radius 2 is 1.88 bits per heavy atom. The fourth-order valence-corrected chi connectivity index (χ4v) is 4.05. The fourth-order valence-electron chi connectivity index (χ4n) is 3.00. The fraction of sp³-hybridized carbons (Fsp3) is 0.350. The summed E-state index contributed by atoms with van der Waals surface area (Å²) in [6.45, 7) is 10.9. The van der Waals surface area contributed by atoms with Crippen LogP contribution in [0.25, 0.3) is 11.1 Å². The highest BCUT2D eigenvalue weighted by molar-refractivity contribution is 8.02. The number of hydrogen-bond acceptors (Lipinski definition) is 3. The van der Waals surface area contributed by atoms with Gasteiger partial charge >= 0.3 is 0 Å². The summed E-state index contributed by atoms with van der Waals surface area (Å²) in [7, 11) is 0. The van der Waals surface area contributed by atoms with Crippen LogP contribution in [-0.4, -0.2) is 15.9 Å². The molecule has 0 aliphatic carbocycles. The van der Waals surface area contributed by atoms with Crippen LogP contribution in [0.5, 0.6) is 0 Å². The molecule has 1 aromatic heterocycles. The van der Waals surface area contributed by atoms with Gasteiger partial charge in [-0.1, -0.05) is 42.1 Å². The lowest BCUT2D eigenvalue weighted by atomic mass is 10.0. The van der Waals surface area contributed by atoms with Gasteiger partial charge in [-0.3, -0.25) is 4.79 Å². The van der Waals surface area contributed by atoms with E-state index in [0.717, 1.165) is 11.4 Å². The number of thioether (sulfide) groups is 1. The summed E-state index contributed by atoms with van der Waals surface area (Å²) in [4.78, 5) is 11.9. The third kappa shape index (κ3) is 3.16. The standard InChI is InChI=1S/C20H24N2OS/c1-13-17(15-9-7-6-8-10-15)18(21-20(3,4)5)22-11-16(14(2)23)12-24-19(13)22/h6-10,12,21H,11H2,1-5H3. The van der Waals surface area contributed by atoms with Crippen molar-refractivity contribution in [1.82, 2.24) is 4.57 Å². The number of carbonyl (C=O) groups is 1. The van der Waals surface area contributed by atoms with Gasteiger partial charge in [0.25, 0.3) is 0 Å². The minimum absolute atomic E-state index is 0.0622. The Balaban J connectivity index is 2.19. The average molecular weight is 340 g/mol. The number of ketones is 1. The zero-order valence-electron chi connectivity index (χ0n) is 14.9. The number of benzene rings is 1. The van der Waals surface area contributed by atoms with E-state index in [1.807, 2.05) is 11.5 Å². The average Bonchev–Trinajstić information content (AvgIpc) is 2.78. The molecule has 2 aromatic rings. The zero-order chi connectivity index (χ0) is 17.5. The van der Waals surface area contributed by atoms with Gasteiger partial charge in [0.05, 0.1) is 11.6 Å². The molecule has 1 aliphatic rings. The summed E-state index contributed by atoms with van der Waals surface area (Å²) in [5.41, 5.74) is 4.49. The van der Waals surface area contributed by atoms with Gasteiger partial charge in [-0.25, -0.2) is 0 Å². The third-order valence-corrected chi connectivity index (χ3v) is 5.25. The molecule has 126 valence electrons. The molecule has 0 spiro atoms. The van der Waals surface area contributed by atoms with Crippen LogP contribution in [0.15, 0.2) is 46.3 Å².